The minimum atomic E-state index is -0.324. The normalized spacial score (nSPS) is 8.73. The highest BCUT2D eigenvalue weighted by Gasteiger charge is 1.94. The predicted octanol–water partition coefficient (Wildman–Crippen LogP) is 2.45. The summed E-state index contributed by atoms with van der Waals surface area (Å²) in [7, 11) is 0. The molecule has 11 heavy (non-hydrogen) atoms. The van der Waals surface area contributed by atoms with E-state index in [9.17, 15) is 4.39 Å². The average Bonchev–Trinajstić information content (AvgIpc) is 2.03. The number of rotatable bonds is 1. The van der Waals surface area contributed by atoms with Crippen molar-refractivity contribution in [2.24, 2.45) is 0 Å². The minimum absolute atomic E-state index is 0.324. The van der Waals surface area contributed by atoms with Gasteiger partial charge in [0.05, 0.1) is 0 Å². The Morgan fingerprint density at radius 1 is 1.45 bits per heavy atom. The van der Waals surface area contributed by atoms with E-state index in [0.29, 0.717) is 11.1 Å². The van der Waals surface area contributed by atoms with Gasteiger partial charge in [0, 0.05) is 5.56 Å². The highest BCUT2D eigenvalue weighted by molar-refractivity contribution is 5.51. The van der Waals surface area contributed by atoms with E-state index in [1.54, 1.807) is 12.1 Å². The maximum absolute atomic E-state index is 12.7. The first-order valence-corrected chi connectivity index (χ1v) is 3.16. The van der Waals surface area contributed by atoms with Gasteiger partial charge in [-0.05, 0) is 23.8 Å². The lowest BCUT2D eigenvalue weighted by Crippen LogP contribution is -1.80. The van der Waals surface area contributed by atoms with Crippen molar-refractivity contribution in [2.45, 2.75) is 0 Å². The first kappa shape index (κ1) is 7.56. The Hall–Kier alpha value is -1.55. The molecule has 1 rings (SSSR count). The SMILES string of the molecule is C#Cc1cc(F)cc(C=C)c1. The molecule has 1 aromatic rings. The van der Waals surface area contributed by atoms with E-state index in [4.69, 9.17) is 6.42 Å². The summed E-state index contributed by atoms with van der Waals surface area (Å²) in [6.45, 7) is 3.51. The average molecular weight is 146 g/mol. The van der Waals surface area contributed by atoms with Gasteiger partial charge < -0.3 is 0 Å². The van der Waals surface area contributed by atoms with Crippen LogP contribution in [0.2, 0.25) is 0 Å². The van der Waals surface area contributed by atoms with Crippen LogP contribution in [-0.4, -0.2) is 0 Å². The Morgan fingerprint density at radius 3 is 2.73 bits per heavy atom. The fourth-order valence-corrected chi connectivity index (χ4v) is 0.814. The molecule has 0 N–H and O–H groups in total. The molecule has 0 spiro atoms. The van der Waals surface area contributed by atoms with E-state index in [2.05, 4.69) is 12.5 Å². The molecule has 0 nitrogen and oxygen atoms in total. The predicted molar refractivity (Wildman–Crippen MR) is 44.4 cm³/mol. The summed E-state index contributed by atoms with van der Waals surface area (Å²) in [6, 6.07) is 4.40. The first-order valence-electron chi connectivity index (χ1n) is 3.16. The summed E-state index contributed by atoms with van der Waals surface area (Å²) < 4.78 is 12.7. The van der Waals surface area contributed by atoms with Crippen LogP contribution in [0.1, 0.15) is 11.1 Å². The van der Waals surface area contributed by atoms with Gasteiger partial charge in [0.25, 0.3) is 0 Å². The van der Waals surface area contributed by atoms with Crippen molar-refractivity contribution in [1.82, 2.24) is 0 Å². The number of hydrogen-bond acceptors (Lipinski definition) is 0. The van der Waals surface area contributed by atoms with Crippen molar-refractivity contribution < 1.29 is 4.39 Å². The minimum Gasteiger partial charge on any atom is -0.207 e. The molecule has 0 saturated carbocycles. The summed E-state index contributed by atoms with van der Waals surface area (Å²) in [6.07, 6.45) is 6.65. The van der Waals surface area contributed by atoms with Crippen molar-refractivity contribution >= 4 is 6.08 Å². The number of terminal acetylenes is 1. The highest BCUT2D eigenvalue weighted by Crippen LogP contribution is 2.08. The molecule has 0 unspecified atom stereocenters. The Morgan fingerprint density at radius 2 is 2.18 bits per heavy atom. The molecule has 0 heterocycles. The number of hydrogen-bond donors (Lipinski definition) is 0. The van der Waals surface area contributed by atoms with Gasteiger partial charge in [-0.3, -0.25) is 0 Å². The van der Waals surface area contributed by atoms with Crippen molar-refractivity contribution in [2.75, 3.05) is 0 Å². The molecule has 1 aromatic carbocycles. The van der Waals surface area contributed by atoms with Crippen LogP contribution in [0.25, 0.3) is 6.08 Å². The van der Waals surface area contributed by atoms with Crippen LogP contribution in [0.4, 0.5) is 4.39 Å². The zero-order valence-corrected chi connectivity index (χ0v) is 5.97. The van der Waals surface area contributed by atoms with Crippen molar-refractivity contribution in [1.29, 1.82) is 0 Å². The Kier molecular flexibility index (Phi) is 2.08. The molecule has 0 bridgehead atoms. The zero-order chi connectivity index (χ0) is 8.27. The molecule has 0 amide bonds. The molecule has 0 aliphatic rings. The monoisotopic (exact) mass is 146 g/mol. The quantitative estimate of drug-likeness (QED) is 0.534. The summed E-state index contributed by atoms with van der Waals surface area (Å²) in [5.74, 6) is 2.03. The summed E-state index contributed by atoms with van der Waals surface area (Å²) in [5.41, 5.74) is 1.25. The third kappa shape index (κ3) is 1.68. The molecule has 54 valence electrons. The van der Waals surface area contributed by atoms with Crippen molar-refractivity contribution in [3.05, 3.63) is 41.7 Å². The van der Waals surface area contributed by atoms with Gasteiger partial charge in [0.1, 0.15) is 5.82 Å². The van der Waals surface area contributed by atoms with Crippen molar-refractivity contribution in [3.8, 4) is 12.3 Å². The van der Waals surface area contributed by atoms with Crippen LogP contribution < -0.4 is 0 Å². The second-order valence-electron chi connectivity index (χ2n) is 2.12. The van der Waals surface area contributed by atoms with E-state index in [1.807, 2.05) is 0 Å². The van der Waals surface area contributed by atoms with Gasteiger partial charge in [-0.1, -0.05) is 18.6 Å². The molecule has 1 heteroatoms. The number of benzene rings is 1. The molecule has 0 aromatic heterocycles. The zero-order valence-electron chi connectivity index (χ0n) is 5.97. The second-order valence-corrected chi connectivity index (χ2v) is 2.12. The third-order valence-corrected chi connectivity index (χ3v) is 1.32. The van der Waals surface area contributed by atoms with Gasteiger partial charge in [0.2, 0.25) is 0 Å². The second kappa shape index (κ2) is 3.03. The Labute approximate surface area is 65.4 Å². The molecule has 0 aliphatic carbocycles. The lowest BCUT2D eigenvalue weighted by molar-refractivity contribution is 0.627. The third-order valence-electron chi connectivity index (χ3n) is 1.32. The lowest BCUT2D eigenvalue weighted by Gasteiger charge is -1.94. The van der Waals surface area contributed by atoms with Crippen LogP contribution in [0.15, 0.2) is 24.8 Å². The van der Waals surface area contributed by atoms with E-state index in [1.165, 1.54) is 12.1 Å². The van der Waals surface area contributed by atoms with Gasteiger partial charge in [-0.2, -0.15) is 0 Å². The summed E-state index contributed by atoms with van der Waals surface area (Å²) in [5, 5.41) is 0. The summed E-state index contributed by atoms with van der Waals surface area (Å²) >= 11 is 0. The summed E-state index contributed by atoms with van der Waals surface area (Å²) in [4.78, 5) is 0. The molecule has 0 aliphatic heterocycles. The van der Waals surface area contributed by atoms with Crippen LogP contribution in [-0.2, 0) is 0 Å². The largest absolute Gasteiger partial charge is 0.207 e. The van der Waals surface area contributed by atoms with Crippen LogP contribution >= 0.6 is 0 Å². The standard InChI is InChI=1S/C10H7F/c1-3-8-5-9(4-2)7-10(11)6-8/h1,4-7H,2H2. The maximum atomic E-state index is 12.7. The molecule has 0 fully saturated rings. The van der Waals surface area contributed by atoms with E-state index < -0.39 is 0 Å². The first-order chi connectivity index (χ1) is 5.26. The molecule has 0 saturated heterocycles. The fraction of sp³-hybridized carbons (Fsp3) is 0. The van der Waals surface area contributed by atoms with Gasteiger partial charge in [-0.15, -0.1) is 6.42 Å². The van der Waals surface area contributed by atoms with E-state index in [0.717, 1.165) is 0 Å². The topological polar surface area (TPSA) is 0 Å². The Bertz CT molecular complexity index is 318. The smallest absolute Gasteiger partial charge is 0.125 e. The molecule has 0 atom stereocenters. The number of halogens is 1. The highest BCUT2D eigenvalue weighted by atomic mass is 19.1. The van der Waals surface area contributed by atoms with Gasteiger partial charge >= 0.3 is 0 Å². The van der Waals surface area contributed by atoms with Crippen LogP contribution in [0.5, 0.6) is 0 Å². The van der Waals surface area contributed by atoms with Crippen LogP contribution in [0, 0.1) is 18.2 Å². The fourth-order valence-electron chi connectivity index (χ4n) is 0.814. The lowest BCUT2D eigenvalue weighted by atomic mass is 10.1. The maximum Gasteiger partial charge on any atom is 0.125 e. The molecular weight excluding hydrogens is 139 g/mol. The van der Waals surface area contributed by atoms with E-state index >= 15 is 0 Å². The van der Waals surface area contributed by atoms with E-state index in [-0.39, 0.29) is 5.82 Å². The molecular formula is C10H7F. The van der Waals surface area contributed by atoms with Crippen molar-refractivity contribution in [3.63, 3.8) is 0 Å². The Balaban J connectivity index is 3.25. The van der Waals surface area contributed by atoms with Crippen LogP contribution in [0.3, 0.4) is 0 Å². The molecule has 0 radical (unpaired) electrons. The van der Waals surface area contributed by atoms with Gasteiger partial charge in [-0.25, -0.2) is 4.39 Å². The van der Waals surface area contributed by atoms with Gasteiger partial charge in [0.15, 0.2) is 0 Å².